The van der Waals surface area contributed by atoms with Crippen LogP contribution in [-0.2, 0) is 17.9 Å². The van der Waals surface area contributed by atoms with Crippen LogP contribution in [0.3, 0.4) is 0 Å². The Morgan fingerprint density at radius 3 is 1.92 bits per heavy atom. The van der Waals surface area contributed by atoms with E-state index in [0.717, 1.165) is 26.1 Å². The Balaban J connectivity index is 0.00000312. The summed E-state index contributed by atoms with van der Waals surface area (Å²) in [5.41, 5.74) is 8.00. The summed E-state index contributed by atoms with van der Waals surface area (Å²) in [6, 6.07) is 21.0. The summed E-state index contributed by atoms with van der Waals surface area (Å²) in [5, 5.41) is 2.92. The molecular weight excluding hydrogens is 334 g/mol. The lowest BCUT2D eigenvalue weighted by Gasteiger charge is -2.22. The molecular formula is C20H28ClN3O. The minimum absolute atomic E-state index is 0. The van der Waals surface area contributed by atoms with Crippen molar-refractivity contribution in [3.8, 4) is 0 Å². The van der Waals surface area contributed by atoms with Crippen molar-refractivity contribution in [2.75, 3.05) is 19.6 Å². The van der Waals surface area contributed by atoms with Gasteiger partial charge in [-0.15, -0.1) is 12.4 Å². The summed E-state index contributed by atoms with van der Waals surface area (Å²) < 4.78 is 0. The highest BCUT2D eigenvalue weighted by molar-refractivity contribution is 5.85. The van der Waals surface area contributed by atoms with Crippen molar-refractivity contribution in [2.45, 2.75) is 25.9 Å². The number of amides is 1. The maximum absolute atomic E-state index is 11.5. The third-order valence-corrected chi connectivity index (χ3v) is 3.84. The summed E-state index contributed by atoms with van der Waals surface area (Å²) in [4.78, 5) is 13.9. The van der Waals surface area contributed by atoms with Crippen LogP contribution in [0.25, 0.3) is 0 Å². The molecule has 136 valence electrons. The molecule has 0 atom stereocenters. The van der Waals surface area contributed by atoms with Gasteiger partial charge < -0.3 is 11.1 Å². The number of nitrogens with two attached hydrogens (primary N) is 1. The molecule has 0 heterocycles. The molecule has 2 aromatic carbocycles. The van der Waals surface area contributed by atoms with Gasteiger partial charge in [-0.2, -0.15) is 0 Å². The van der Waals surface area contributed by atoms with Gasteiger partial charge in [0.1, 0.15) is 0 Å². The lowest BCUT2D eigenvalue weighted by atomic mass is 10.1. The minimum Gasteiger partial charge on any atom is -0.356 e. The Morgan fingerprint density at radius 2 is 1.44 bits per heavy atom. The Labute approximate surface area is 156 Å². The number of nitrogens with one attached hydrogen (secondary N) is 1. The van der Waals surface area contributed by atoms with E-state index in [1.54, 1.807) is 0 Å². The maximum atomic E-state index is 11.5. The molecule has 2 rings (SSSR count). The van der Waals surface area contributed by atoms with Crippen LogP contribution < -0.4 is 11.1 Å². The predicted octanol–water partition coefficient (Wildman–Crippen LogP) is 2.97. The van der Waals surface area contributed by atoms with Crippen LogP contribution in [0.1, 0.15) is 24.0 Å². The van der Waals surface area contributed by atoms with Gasteiger partial charge in [-0.3, -0.25) is 9.69 Å². The summed E-state index contributed by atoms with van der Waals surface area (Å²) in [5.74, 6) is 0.0372. The van der Waals surface area contributed by atoms with Crippen LogP contribution in [0.15, 0.2) is 60.7 Å². The zero-order valence-electron chi connectivity index (χ0n) is 14.6. The third kappa shape index (κ3) is 8.68. The minimum atomic E-state index is 0. The largest absolute Gasteiger partial charge is 0.356 e. The Hall–Kier alpha value is -1.88. The van der Waals surface area contributed by atoms with Crippen molar-refractivity contribution >= 4 is 18.3 Å². The van der Waals surface area contributed by atoms with E-state index in [0.29, 0.717) is 19.5 Å². The molecule has 0 aliphatic rings. The molecule has 4 nitrogen and oxygen atoms in total. The normalized spacial score (nSPS) is 10.3. The van der Waals surface area contributed by atoms with Crippen molar-refractivity contribution in [2.24, 2.45) is 5.73 Å². The van der Waals surface area contributed by atoms with Gasteiger partial charge in [-0.25, -0.2) is 0 Å². The van der Waals surface area contributed by atoms with Crippen LogP contribution in [0, 0.1) is 0 Å². The second kappa shape index (κ2) is 12.5. The number of nitrogens with zero attached hydrogens (tertiary/aromatic N) is 1. The molecule has 2 aromatic rings. The number of hydrogen-bond donors (Lipinski definition) is 2. The maximum Gasteiger partial charge on any atom is 0.221 e. The molecule has 0 aromatic heterocycles. The molecule has 0 saturated carbocycles. The fourth-order valence-corrected chi connectivity index (χ4v) is 2.65. The Bertz CT molecular complexity index is 551. The van der Waals surface area contributed by atoms with E-state index in [9.17, 15) is 4.79 Å². The van der Waals surface area contributed by atoms with E-state index in [1.807, 2.05) is 12.1 Å². The van der Waals surface area contributed by atoms with Gasteiger partial charge in [-0.1, -0.05) is 60.7 Å². The summed E-state index contributed by atoms with van der Waals surface area (Å²) >= 11 is 0. The first-order valence-corrected chi connectivity index (χ1v) is 8.55. The molecule has 0 radical (unpaired) electrons. The van der Waals surface area contributed by atoms with Crippen LogP contribution in [0.5, 0.6) is 0 Å². The zero-order valence-corrected chi connectivity index (χ0v) is 15.4. The molecule has 25 heavy (non-hydrogen) atoms. The van der Waals surface area contributed by atoms with Gasteiger partial charge in [-0.05, 0) is 17.5 Å². The SMILES string of the molecule is Cl.NCCC(=O)NCCCN(Cc1ccccc1)Cc1ccccc1. The van der Waals surface area contributed by atoms with Gasteiger partial charge in [0.25, 0.3) is 0 Å². The molecule has 3 N–H and O–H groups in total. The standard InChI is InChI=1S/C20H27N3O.ClH/c21-13-12-20(24)22-14-7-15-23(16-18-8-3-1-4-9-18)17-19-10-5-2-6-11-19;/h1-6,8-11H,7,12-17,21H2,(H,22,24);1H. The number of benzene rings is 2. The fourth-order valence-electron chi connectivity index (χ4n) is 2.65. The second-order valence-corrected chi connectivity index (χ2v) is 5.92. The number of halogens is 1. The molecule has 0 spiro atoms. The summed E-state index contributed by atoms with van der Waals surface area (Å²) in [6.45, 7) is 3.85. The van der Waals surface area contributed by atoms with Gasteiger partial charge >= 0.3 is 0 Å². The average Bonchev–Trinajstić information content (AvgIpc) is 2.61. The first-order chi connectivity index (χ1) is 11.8. The fraction of sp³-hybridized carbons (Fsp3) is 0.350. The Kier molecular flexibility index (Phi) is 10.6. The van der Waals surface area contributed by atoms with Crippen LogP contribution >= 0.6 is 12.4 Å². The summed E-state index contributed by atoms with van der Waals surface area (Å²) in [6.07, 6.45) is 1.33. The number of hydrogen-bond acceptors (Lipinski definition) is 3. The third-order valence-electron chi connectivity index (χ3n) is 3.84. The highest BCUT2D eigenvalue weighted by atomic mass is 35.5. The summed E-state index contributed by atoms with van der Waals surface area (Å²) in [7, 11) is 0. The van der Waals surface area contributed by atoms with Crippen LogP contribution in [-0.4, -0.2) is 30.4 Å². The molecule has 1 amide bonds. The highest BCUT2D eigenvalue weighted by Gasteiger charge is 2.07. The monoisotopic (exact) mass is 361 g/mol. The van der Waals surface area contributed by atoms with Crippen molar-refractivity contribution in [3.05, 3.63) is 71.8 Å². The second-order valence-electron chi connectivity index (χ2n) is 5.92. The van der Waals surface area contributed by atoms with Crippen molar-refractivity contribution in [1.82, 2.24) is 10.2 Å². The van der Waals surface area contributed by atoms with Crippen LogP contribution in [0.4, 0.5) is 0 Å². The van der Waals surface area contributed by atoms with Crippen molar-refractivity contribution < 1.29 is 4.79 Å². The van der Waals surface area contributed by atoms with Gasteiger partial charge in [0.15, 0.2) is 0 Å². The molecule has 0 aliphatic heterocycles. The van der Waals surface area contributed by atoms with Crippen molar-refractivity contribution in [3.63, 3.8) is 0 Å². The molecule has 0 bridgehead atoms. The average molecular weight is 362 g/mol. The van der Waals surface area contributed by atoms with E-state index in [2.05, 4.69) is 58.7 Å². The van der Waals surface area contributed by atoms with Gasteiger partial charge in [0.05, 0.1) is 0 Å². The molecule has 0 saturated heterocycles. The first kappa shape index (κ1) is 21.2. The topological polar surface area (TPSA) is 58.4 Å². The number of carbonyl (C=O) groups excluding carboxylic acids is 1. The van der Waals surface area contributed by atoms with E-state index >= 15 is 0 Å². The first-order valence-electron chi connectivity index (χ1n) is 8.55. The molecule has 0 unspecified atom stereocenters. The van der Waals surface area contributed by atoms with E-state index < -0.39 is 0 Å². The lowest BCUT2D eigenvalue weighted by molar-refractivity contribution is -0.120. The molecule has 5 heteroatoms. The number of rotatable bonds is 10. The van der Waals surface area contributed by atoms with E-state index in [-0.39, 0.29) is 18.3 Å². The Morgan fingerprint density at radius 1 is 0.920 bits per heavy atom. The zero-order chi connectivity index (χ0) is 17.0. The smallest absolute Gasteiger partial charge is 0.221 e. The van der Waals surface area contributed by atoms with E-state index in [4.69, 9.17) is 5.73 Å². The van der Waals surface area contributed by atoms with Gasteiger partial charge in [0, 0.05) is 39.1 Å². The van der Waals surface area contributed by atoms with Crippen molar-refractivity contribution in [1.29, 1.82) is 0 Å². The van der Waals surface area contributed by atoms with Gasteiger partial charge in [0.2, 0.25) is 5.91 Å². The number of carbonyl (C=O) groups is 1. The predicted molar refractivity (Wildman–Crippen MR) is 106 cm³/mol. The van der Waals surface area contributed by atoms with E-state index in [1.165, 1.54) is 11.1 Å². The highest BCUT2D eigenvalue weighted by Crippen LogP contribution is 2.10. The quantitative estimate of drug-likeness (QED) is 0.639. The lowest BCUT2D eigenvalue weighted by Crippen LogP contribution is -2.30. The molecule has 0 aliphatic carbocycles. The molecule has 0 fully saturated rings. The van der Waals surface area contributed by atoms with Crippen LogP contribution in [0.2, 0.25) is 0 Å².